The lowest BCUT2D eigenvalue weighted by molar-refractivity contribution is -0.117. The minimum absolute atomic E-state index is 0.110. The van der Waals surface area contributed by atoms with E-state index in [2.05, 4.69) is 28.0 Å². The van der Waals surface area contributed by atoms with Crippen LogP contribution in [0.1, 0.15) is 5.56 Å². The summed E-state index contributed by atoms with van der Waals surface area (Å²) in [5.41, 5.74) is 4.07. The van der Waals surface area contributed by atoms with E-state index in [0.717, 1.165) is 9.13 Å². The molecule has 22 heavy (non-hydrogen) atoms. The fourth-order valence-corrected chi connectivity index (χ4v) is 2.75. The molecule has 3 rings (SSSR count). The van der Waals surface area contributed by atoms with Crippen molar-refractivity contribution in [3.8, 4) is 0 Å². The monoisotopic (exact) mass is 424 g/mol. The summed E-state index contributed by atoms with van der Waals surface area (Å²) in [4.78, 5) is 24.5. The SMILES string of the molecule is O=C1NN(c2ccc(Cl)cc2)C(=O)/C1=C/c1ccccc1I. The van der Waals surface area contributed by atoms with E-state index in [1.165, 1.54) is 5.01 Å². The molecule has 6 heteroatoms. The van der Waals surface area contributed by atoms with Crippen LogP contribution in [0.2, 0.25) is 5.02 Å². The summed E-state index contributed by atoms with van der Waals surface area (Å²) in [5, 5.41) is 1.79. The topological polar surface area (TPSA) is 49.4 Å². The highest BCUT2D eigenvalue weighted by Gasteiger charge is 2.34. The van der Waals surface area contributed by atoms with Crippen LogP contribution in [-0.4, -0.2) is 11.8 Å². The molecule has 1 saturated heterocycles. The largest absolute Gasteiger partial charge is 0.282 e. The molecule has 0 bridgehead atoms. The first-order valence-electron chi connectivity index (χ1n) is 6.43. The van der Waals surface area contributed by atoms with Gasteiger partial charge in [0, 0.05) is 8.59 Å². The zero-order chi connectivity index (χ0) is 15.7. The number of halogens is 2. The van der Waals surface area contributed by atoms with Crippen LogP contribution in [0.4, 0.5) is 5.69 Å². The van der Waals surface area contributed by atoms with Crippen LogP contribution < -0.4 is 10.4 Å². The third-order valence-corrected chi connectivity index (χ3v) is 4.42. The molecular formula is C16H10ClIN2O2. The lowest BCUT2D eigenvalue weighted by atomic mass is 10.1. The highest BCUT2D eigenvalue weighted by atomic mass is 127. The summed E-state index contributed by atoms with van der Waals surface area (Å²) in [7, 11) is 0. The predicted octanol–water partition coefficient (Wildman–Crippen LogP) is 3.41. The molecule has 1 aliphatic heterocycles. The third kappa shape index (κ3) is 2.86. The Kier molecular flexibility index (Phi) is 4.17. The maximum atomic E-state index is 12.5. The average molecular weight is 425 g/mol. The first kappa shape index (κ1) is 15.1. The number of hydrazine groups is 1. The first-order chi connectivity index (χ1) is 10.6. The number of amides is 2. The number of rotatable bonds is 2. The molecule has 1 N–H and O–H groups in total. The Labute approximate surface area is 145 Å². The second-order valence-corrected chi connectivity index (χ2v) is 6.24. The number of hydrogen-bond donors (Lipinski definition) is 1. The van der Waals surface area contributed by atoms with Gasteiger partial charge in [0.2, 0.25) is 0 Å². The minimum Gasteiger partial charge on any atom is -0.267 e. The Balaban J connectivity index is 1.95. The van der Waals surface area contributed by atoms with Crippen LogP contribution >= 0.6 is 34.2 Å². The van der Waals surface area contributed by atoms with Gasteiger partial charge in [0.15, 0.2) is 0 Å². The van der Waals surface area contributed by atoms with E-state index in [0.29, 0.717) is 10.7 Å². The third-order valence-electron chi connectivity index (χ3n) is 3.18. The molecule has 2 aromatic carbocycles. The molecular weight excluding hydrogens is 415 g/mol. The van der Waals surface area contributed by atoms with Gasteiger partial charge in [-0.25, -0.2) is 5.01 Å². The average Bonchev–Trinajstić information content (AvgIpc) is 2.78. The summed E-state index contributed by atoms with van der Waals surface area (Å²) >= 11 is 8.00. The van der Waals surface area contributed by atoms with E-state index < -0.39 is 5.91 Å². The van der Waals surface area contributed by atoms with Gasteiger partial charge >= 0.3 is 0 Å². The lowest BCUT2D eigenvalue weighted by Crippen LogP contribution is -2.35. The molecule has 2 amide bonds. The van der Waals surface area contributed by atoms with Crippen molar-refractivity contribution in [3.05, 3.63) is 68.3 Å². The molecule has 0 atom stereocenters. The minimum atomic E-state index is -0.417. The summed E-state index contributed by atoms with van der Waals surface area (Å²) in [5.74, 6) is -0.799. The van der Waals surface area contributed by atoms with Crippen molar-refractivity contribution in [2.24, 2.45) is 0 Å². The van der Waals surface area contributed by atoms with Crippen molar-refractivity contribution >= 4 is 57.8 Å². The Morgan fingerprint density at radius 1 is 1.05 bits per heavy atom. The maximum Gasteiger partial charge on any atom is 0.282 e. The van der Waals surface area contributed by atoms with Crippen LogP contribution in [0, 0.1) is 3.57 Å². The Hall–Kier alpha value is -1.86. The van der Waals surface area contributed by atoms with Gasteiger partial charge in [0.25, 0.3) is 11.8 Å². The predicted molar refractivity (Wildman–Crippen MR) is 94.2 cm³/mol. The van der Waals surface area contributed by atoms with Gasteiger partial charge in [0.05, 0.1) is 5.69 Å². The highest BCUT2D eigenvalue weighted by Crippen LogP contribution is 2.24. The maximum absolute atomic E-state index is 12.5. The van der Waals surface area contributed by atoms with Crippen molar-refractivity contribution in [3.63, 3.8) is 0 Å². The number of carbonyl (C=O) groups excluding carboxylic acids is 2. The highest BCUT2D eigenvalue weighted by molar-refractivity contribution is 14.1. The van der Waals surface area contributed by atoms with E-state index in [4.69, 9.17) is 11.6 Å². The second-order valence-electron chi connectivity index (χ2n) is 4.64. The van der Waals surface area contributed by atoms with Crippen LogP contribution in [0.3, 0.4) is 0 Å². The molecule has 0 aliphatic carbocycles. The number of carbonyl (C=O) groups is 2. The molecule has 4 nitrogen and oxygen atoms in total. The number of anilines is 1. The standard InChI is InChI=1S/C16H10ClIN2O2/c17-11-5-7-12(8-6-11)20-16(22)13(15(21)19-20)9-10-3-1-2-4-14(10)18/h1-9H,(H,19,21)/b13-9+. The summed E-state index contributed by atoms with van der Waals surface area (Å²) < 4.78 is 0.971. The molecule has 0 unspecified atom stereocenters. The van der Waals surface area contributed by atoms with Crippen LogP contribution in [-0.2, 0) is 9.59 Å². The van der Waals surface area contributed by atoms with Gasteiger partial charge in [-0.1, -0.05) is 29.8 Å². The van der Waals surface area contributed by atoms with Gasteiger partial charge in [-0.05, 0) is 64.6 Å². The van der Waals surface area contributed by atoms with Crippen LogP contribution in [0.5, 0.6) is 0 Å². The molecule has 110 valence electrons. The number of nitrogens with one attached hydrogen (secondary N) is 1. The molecule has 0 radical (unpaired) electrons. The molecule has 1 heterocycles. The van der Waals surface area contributed by atoms with Crippen LogP contribution in [0.25, 0.3) is 6.08 Å². The van der Waals surface area contributed by atoms with E-state index in [1.807, 2.05) is 24.3 Å². The molecule has 1 aliphatic rings. The van der Waals surface area contributed by atoms with Crippen molar-refractivity contribution in [1.29, 1.82) is 0 Å². The Morgan fingerprint density at radius 3 is 2.41 bits per heavy atom. The molecule has 2 aromatic rings. The first-order valence-corrected chi connectivity index (χ1v) is 7.89. The smallest absolute Gasteiger partial charge is 0.267 e. The van der Waals surface area contributed by atoms with Gasteiger partial charge in [-0.15, -0.1) is 0 Å². The summed E-state index contributed by atoms with van der Waals surface area (Å²) in [6.07, 6.45) is 1.61. The quantitative estimate of drug-likeness (QED) is 0.456. The van der Waals surface area contributed by atoms with E-state index in [-0.39, 0.29) is 11.5 Å². The van der Waals surface area contributed by atoms with Crippen molar-refractivity contribution in [2.45, 2.75) is 0 Å². The molecule has 1 fully saturated rings. The summed E-state index contributed by atoms with van der Waals surface area (Å²) in [6.45, 7) is 0. The lowest BCUT2D eigenvalue weighted by Gasteiger charge is -2.14. The zero-order valence-electron chi connectivity index (χ0n) is 11.2. The van der Waals surface area contributed by atoms with Crippen molar-refractivity contribution in [2.75, 3.05) is 5.01 Å². The number of hydrogen-bond acceptors (Lipinski definition) is 2. The normalized spacial score (nSPS) is 16.3. The fraction of sp³-hybridized carbons (Fsp3) is 0. The molecule has 0 aromatic heterocycles. The van der Waals surface area contributed by atoms with Gasteiger partial charge in [0.1, 0.15) is 5.57 Å². The van der Waals surface area contributed by atoms with E-state index >= 15 is 0 Å². The van der Waals surface area contributed by atoms with Crippen molar-refractivity contribution in [1.82, 2.24) is 5.43 Å². The number of benzene rings is 2. The second kappa shape index (κ2) is 6.10. The Morgan fingerprint density at radius 2 is 1.73 bits per heavy atom. The summed E-state index contributed by atoms with van der Waals surface area (Å²) in [6, 6.07) is 14.2. The Bertz CT molecular complexity index is 787. The van der Waals surface area contributed by atoms with Gasteiger partial charge in [-0.3, -0.25) is 15.0 Å². The van der Waals surface area contributed by atoms with E-state index in [1.54, 1.807) is 30.3 Å². The van der Waals surface area contributed by atoms with E-state index in [9.17, 15) is 9.59 Å². The zero-order valence-corrected chi connectivity index (χ0v) is 14.1. The van der Waals surface area contributed by atoms with Crippen molar-refractivity contribution < 1.29 is 9.59 Å². The van der Waals surface area contributed by atoms with Gasteiger partial charge in [-0.2, -0.15) is 0 Å². The fourth-order valence-electron chi connectivity index (χ4n) is 2.08. The van der Waals surface area contributed by atoms with Gasteiger partial charge < -0.3 is 0 Å². The molecule has 0 spiro atoms. The number of nitrogens with zero attached hydrogens (tertiary/aromatic N) is 1. The molecule has 0 saturated carbocycles. The van der Waals surface area contributed by atoms with Crippen LogP contribution in [0.15, 0.2) is 54.1 Å².